The Morgan fingerprint density at radius 3 is 2.32 bits per heavy atom. The first-order chi connectivity index (χ1) is 18.0. The van der Waals surface area contributed by atoms with E-state index in [1.54, 1.807) is 11.0 Å². The molecule has 0 spiro atoms. The Labute approximate surface area is 224 Å². The Morgan fingerprint density at radius 1 is 0.946 bits per heavy atom. The quantitative estimate of drug-likeness (QED) is 0.339. The molecule has 0 aromatic heterocycles. The lowest BCUT2D eigenvalue weighted by molar-refractivity contribution is -0.143. The van der Waals surface area contributed by atoms with Crippen molar-refractivity contribution in [3.05, 3.63) is 101 Å². The Morgan fingerprint density at radius 2 is 1.65 bits per heavy atom. The van der Waals surface area contributed by atoms with Crippen LogP contribution in [-0.2, 0) is 29.0 Å². The lowest BCUT2D eigenvalue weighted by atomic mass is 10.0. The van der Waals surface area contributed by atoms with E-state index in [1.807, 2.05) is 72.8 Å². The Kier molecular flexibility index (Phi) is 9.61. The largest absolute Gasteiger partial charge is 0.484 e. The van der Waals surface area contributed by atoms with E-state index in [0.29, 0.717) is 17.2 Å². The van der Waals surface area contributed by atoms with Crippen molar-refractivity contribution in [1.29, 1.82) is 0 Å². The molecule has 0 unspecified atom stereocenters. The number of benzene rings is 3. The second-order valence-corrected chi connectivity index (χ2v) is 10.1. The maximum absolute atomic E-state index is 13.7. The van der Waals surface area contributed by atoms with Gasteiger partial charge in [-0.15, -0.1) is 0 Å². The molecule has 2 amide bonds. The van der Waals surface area contributed by atoms with E-state index < -0.39 is 6.04 Å². The van der Waals surface area contributed by atoms with E-state index in [9.17, 15) is 9.59 Å². The van der Waals surface area contributed by atoms with Gasteiger partial charge < -0.3 is 15.0 Å². The van der Waals surface area contributed by atoms with Gasteiger partial charge in [-0.3, -0.25) is 9.59 Å². The minimum Gasteiger partial charge on any atom is -0.484 e. The van der Waals surface area contributed by atoms with Crippen LogP contribution in [0.15, 0.2) is 78.9 Å². The highest BCUT2D eigenvalue weighted by Gasteiger charge is 2.32. The molecule has 1 atom stereocenters. The molecule has 0 radical (unpaired) electrons. The molecule has 3 aromatic rings. The number of carbonyl (C=O) groups is 2. The molecule has 1 fully saturated rings. The van der Waals surface area contributed by atoms with Crippen molar-refractivity contribution >= 4 is 23.4 Å². The van der Waals surface area contributed by atoms with Crippen molar-refractivity contribution in [2.24, 2.45) is 0 Å². The molecular formula is C31H35ClN2O3. The van der Waals surface area contributed by atoms with Gasteiger partial charge in [-0.1, -0.05) is 86.0 Å². The molecule has 1 saturated carbocycles. The van der Waals surface area contributed by atoms with Gasteiger partial charge in [0.1, 0.15) is 11.8 Å². The van der Waals surface area contributed by atoms with Gasteiger partial charge in [0.05, 0.1) is 0 Å². The molecule has 1 aliphatic carbocycles. The average Bonchev–Trinajstić information content (AvgIpc) is 3.43. The summed E-state index contributed by atoms with van der Waals surface area (Å²) in [5.41, 5.74) is 3.06. The Hall–Kier alpha value is -3.31. The number of aryl methyl sites for hydroxylation is 1. The van der Waals surface area contributed by atoms with Crippen molar-refractivity contribution in [2.75, 3.05) is 6.61 Å². The molecule has 5 nitrogen and oxygen atoms in total. The summed E-state index contributed by atoms with van der Waals surface area (Å²) in [7, 11) is 0. The average molecular weight is 519 g/mol. The molecular weight excluding hydrogens is 484 g/mol. The highest BCUT2D eigenvalue weighted by Crippen LogP contribution is 2.21. The van der Waals surface area contributed by atoms with Gasteiger partial charge in [-0.05, 0) is 60.2 Å². The summed E-state index contributed by atoms with van der Waals surface area (Å²) in [6.45, 7) is 2.19. The zero-order valence-electron chi connectivity index (χ0n) is 21.4. The minimum atomic E-state index is -0.680. The van der Waals surface area contributed by atoms with Crippen LogP contribution in [0.1, 0.15) is 49.3 Å². The number of ether oxygens (including phenoxy) is 1. The normalized spacial score (nSPS) is 14.2. The molecule has 0 saturated heterocycles. The summed E-state index contributed by atoms with van der Waals surface area (Å²) in [6.07, 6.45) is 5.53. The Bertz CT molecular complexity index is 1160. The second-order valence-electron chi connectivity index (χ2n) is 9.63. The van der Waals surface area contributed by atoms with E-state index >= 15 is 0 Å². The van der Waals surface area contributed by atoms with Crippen LogP contribution in [0.3, 0.4) is 0 Å². The maximum Gasteiger partial charge on any atom is 0.261 e. The lowest BCUT2D eigenvalue weighted by Crippen LogP contribution is -2.53. The smallest absolute Gasteiger partial charge is 0.261 e. The fourth-order valence-corrected chi connectivity index (χ4v) is 5.02. The fraction of sp³-hybridized carbons (Fsp3) is 0.355. The minimum absolute atomic E-state index is 0.126. The molecule has 3 aromatic carbocycles. The van der Waals surface area contributed by atoms with Gasteiger partial charge in [0.2, 0.25) is 5.91 Å². The zero-order valence-corrected chi connectivity index (χ0v) is 22.1. The Balaban J connectivity index is 1.59. The first-order valence-corrected chi connectivity index (χ1v) is 13.5. The summed E-state index contributed by atoms with van der Waals surface area (Å²) in [6, 6.07) is 24.5. The molecule has 1 N–H and O–H groups in total. The van der Waals surface area contributed by atoms with Crippen LogP contribution in [0.4, 0.5) is 0 Å². The van der Waals surface area contributed by atoms with Crippen LogP contribution >= 0.6 is 11.6 Å². The van der Waals surface area contributed by atoms with Gasteiger partial charge in [-0.2, -0.15) is 0 Å². The predicted molar refractivity (Wildman–Crippen MR) is 148 cm³/mol. The third-order valence-electron chi connectivity index (χ3n) is 6.91. The SMILES string of the molecule is CCc1ccc(OCC(=O)N(Cc2cccc(Cl)c2)[C@H](Cc2ccccc2)C(=O)NC2CCCC2)cc1. The first kappa shape index (κ1) is 26.7. The summed E-state index contributed by atoms with van der Waals surface area (Å²) >= 11 is 6.25. The van der Waals surface area contributed by atoms with Crippen molar-refractivity contribution in [1.82, 2.24) is 10.2 Å². The number of hydrogen-bond donors (Lipinski definition) is 1. The lowest BCUT2D eigenvalue weighted by Gasteiger charge is -2.32. The topological polar surface area (TPSA) is 58.6 Å². The fourth-order valence-electron chi connectivity index (χ4n) is 4.80. The van der Waals surface area contributed by atoms with Crippen LogP contribution in [0.2, 0.25) is 5.02 Å². The summed E-state index contributed by atoms with van der Waals surface area (Å²) < 4.78 is 5.87. The number of amides is 2. The molecule has 0 aliphatic heterocycles. The van der Waals surface area contributed by atoms with Gasteiger partial charge in [0.15, 0.2) is 6.61 Å². The van der Waals surface area contributed by atoms with Crippen LogP contribution in [0.25, 0.3) is 0 Å². The van der Waals surface area contributed by atoms with Gasteiger partial charge in [0.25, 0.3) is 5.91 Å². The molecule has 0 bridgehead atoms. The first-order valence-electron chi connectivity index (χ1n) is 13.1. The van der Waals surface area contributed by atoms with Crippen molar-refractivity contribution in [3.63, 3.8) is 0 Å². The second kappa shape index (κ2) is 13.3. The molecule has 0 heterocycles. The maximum atomic E-state index is 13.7. The van der Waals surface area contributed by atoms with Crippen LogP contribution in [0.5, 0.6) is 5.75 Å². The highest BCUT2D eigenvalue weighted by atomic mass is 35.5. The van der Waals surface area contributed by atoms with Crippen molar-refractivity contribution in [3.8, 4) is 5.75 Å². The number of hydrogen-bond acceptors (Lipinski definition) is 3. The van der Waals surface area contributed by atoms with Crippen LogP contribution < -0.4 is 10.1 Å². The van der Waals surface area contributed by atoms with Crippen molar-refractivity contribution in [2.45, 2.75) is 64.1 Å². The van der Waals surface area contributed by atoms with E-state index in [2.05, 4.69) is 12.2 Å². The van der Waals surface area contributed by atoms with E-state index in [1.165, 1.54) is 5.56 Å². The van der Waals surface area contributed by atoms with E-state index in [-0.39, 0.29) is 31.0 Å². The third kappa shape index (κ3) is 7.83. The molecule has 1 aliphatic rings. The van der Waals surface area contributed by atoms with Crippen LogP contribution in [-0.4, -0.2) is 35.4 Å². The van der Waals surface area contributed by atoms with E-state index in [4.69, 9.17) is 16.3 Å². The van der Waals surface area contributed by atoms with Gasteiger partial charge >= 0.3 is 0 Å². The standard InChI is InChI=1S/C31H35ClN2O3/c1-2-23-15-17-28(18-16-23)37-22-30(35)34(21-25-11-8-12-26(32)19-25)29(20-24-9-4-3-5-10-24)31(36)33-27-13-6-7-14-27/h3-5,8-12,15-19,27,29H,2,6-7,13-14,20-22H2,1H3,(H,33,36)/t29-/m1/s1. The summed E-state index contributed by atoms with van der Waals surface area (Å²) in [5.74, 6) is 0.253. The van der Waals surface area contributed by atoms with Gasteiger partial charge in [-0.25, -0.2) is 0 Å². The monoisotopic (exact) mass is 518 g/mol. The highest BCUT2D eigenvalue weighted by molar-refractivity contribution is 6.30. The summed E-state index contributed by atoms with van der Waals surface area (Å²) in [4.78, 5) is 29.0. The molecule has 6 heteroatoms. The van der Waals surface area contributed by atoms with Gasteiger partial charge in [0, 0.05) is 24.0 Å². The molecule has 4 rings (SSSR count). The van der Waals surface area contributed by atoms with Crippen LogP contribution in [0, 0.1) is 0 Å². The predicted octanol–water partition coefficient (Wildman–Crippen LogP) is 5.98. The molecule has 194 valence electrons. The molecule has 37 heavy (non-hydrogen) atoms. The number of rotatable bonds is 11. The third-order valence-corrected chi connectivity index (χ3v) is 7.14. The zero-order chi connectivity index (χ0) is 26.0. The number of halogens is 1. The number of nitrogens with zero attached hydrogens (tertiary/aromatic N) is 1. The summed E-state index contributed by atoms with van der Waals surface area (Å²) in [5, 5.41) is 3.81. The van der Waals surface area contributed by atoms with Crippen molar-refractivity contribution < 1.29 is 14.3 Å². The van der Waals surface area contributed by atoms with E-state index in [0.717, 1.165) is 43.2 Å². The number of nitrogens with one attached hydrogen (secondary N) is 1. The number of carbonyl (C=O) groups excluding carboxylic acids is 2.